The number of amides is 1. The van der Waals surface area contributed by atoms with Crippen molar-refractivity contribution in [2.75, 3.05) is 5.32 Å². The van der Waals surface area contributed by atoms with Crippen molar-refractivity contribution in [1.82, 2.24) is 0 Å². The molecule has 24 heavy (non-hydrogen) atoms. The van der Waals surface area contributed by atoms with Gasteiger partial charge in [-0.3, -0.25) is 29.8 Å². The molecule has 0 aliphatic rings. The molecule has 0 heterocycles. The largest absolute Gasteiger partial charge is 0.326 e. The molecule has 0 bridgehead atoms. The SMILES string of the molecule is O=C(CC(=O)c1ccc([N+](=O)[O-])cc1)Nc1ccc([N+](=O)[O-])cc1. The fraction of sp³-hybridized carbons (Fsp3) is 0.0667. The smallest absolute Gasteiger partial charge is 0.269 e. The van der Waals surface area contributed by atoms with E-state index < -0.39 is 28.0 Å². The highest BCUT2D eigenvalue weighted by Crippen LogP contribution is 2.16. The molecule has 0 radical (unpaired) electrons. The van der Waals surface area contributed by atoms with Crippen LogP contribution in [0.25, 0.3) is 0 Å². The van der Waals surface area contributed by atoms with Crippen LogP contribution in [-0.2, 0) is 4.79 Å². The van der Waals surface area contributed by atoms with Gasteiger partial charge in [-0.05, 0) is 24.3 Å². The summed E-state index contributed by atoms with van der Waals surface area (Å²) >= 11 is 0. The maximum atomic E-state index is 11.9. The van der Waals surface area contributed by atoms with Crippen molar-refractivity contribution in [3.05, 3.63) is 74.3 Å². The van der Waals surface area contributed by atoms with Crippen LogP contribution in [-0.4, -0.2) is 21.5 Å². The van der Waals surface area contributed by atoms with E-state index in [4.69, 9.17) is 0 Å². The van der Waals surface area contributed by atoms with Crippen molar-refractivity contribution in [2.24, 2.45) is 0 Å². The van der Waals surface area contributed by atoms with Crippen LogP contribution in [0.1, 0.15) is 16.8 Å². The summed E-state index contributed by atoms with van der Waals surface area (Å²) in [5, 5.41) is 23.5. The molecule has 0 saturated carbocycles. The molecule has 0 spiro atoms. The number of non-ortho nitro benzene ring substituents is 2. The standard InChI is InChI=1S/C15H11N3O6/c19-14(10-1-5-12(6-2-10)17(21)22)9-15(20)16-11-3-7-13(8-4-11)18(23)24/h1-8H,9H2,(H,16,20). The molecule has 2 aromatic rings. The Bertz CT molecular complexity index is 799. The van der Waals surface area contributed by atoms with Crippen molar-refractivity contribution in [1.29, 1.82) is 0 Å². The number of anilines is 1. The Balaban J connectivity index is 1.97. The average molecular weight is 329 g/mol. The van der Waals surface area contributed by atoms with Crippen LogP contribution in [0, 0.1) is 20.2 Å². The van der Waals surface area contributed by atoms with Gasteiger partial charge in [-0.2, -0.15) is 0 Å². The number of carbonyl (C=O) groups is 2. The fourth-order valence-electron chi connectivity index (χ4n) is 1.89. The van der Waals surface area contributed by atoms with E-state index in [1.165, 1.54) is 48.5 Å². The molecular formula is C15H11N3O6. The van der Waals surface area contributed by atoms with Gasteiger partial charge in [-0.15, -0.1) is 0 Å². The van der Waals surface area contributed by atoms with Crippen molar-refractivity contribution in [3.8, 4) is 0 Å². The molecule has 1 N–H and O–H groups in total. The van der Waals surface area contributed by atoms with E-state index in [-0.39, 0.29) is 16.9 Å². The molecule has 2 aromatic carbocycles. The van der Waals surface area contributed by atoms with Crippen LogP contribution < -0.4 is 5.32 Å². The summed E-state index contributed by atoms with van der Waals surface area (Å²) in [5.41, 5.74) is 0.235. The fourth-order valence-corrected chi connectivity index (χ4v) is 1.89. The monoisotopic (exact) mass is 329 g/mol. The molecule has 9 nitrogen and oxygen atoms in total. The van der Waals surface area contributed by atoms with E-state index in [0.717, 1.165) is 0 Å². The number of Topliss-reactive ketones (excluding diaryl/α,β-unsaturated/α-hetero) is 1. The molecule has 0 atom stereocenters. The third-order valence-electron chi connectivity index (χ3n) is 3.08. The Hall–Kier alpha value is -3.62. The van der Waals surface area contributed by atoms with Crippen molar-refractivity contribution in [2.45, 2.75) is 6.42 Å². The second kappa shape index (κ2) is 7.09. The maximum absolute atomic E-state index is 11.9. The lowest BCUT2D eigenvalue weighted by Crippen LogP contribution is -2.16. The highest BCUT2D eigenvalue weighted by Gasteiger charge is 2.14. The second-order valence-corrected chi connectivity index (χ2v) is 4.76. The number of nitrogens with zero attached hydrogens (tertiary/aromatic N) is 2. The summed E-state index contributed by atoms with van der Waals surface area (Å²) < 4.78 is 0. The first-order valence-electron chi connectivity index (χ1n) is 6.69. The Kier molecular flexibility index (Phi) is 4.95. The number of ketones is 1. The highest BCUT2D eigenvalue weighted by molar-refractivity contribution is 6.11. The van der Waals surface area contributed by atoms with Gasteiger partial charge in [0.05, 0.1) is 16.3 Å². The van der Waals surface area contributed by atoms with Gasteiger partial charge in [0.1, 0.15) is 0 Å². The lowest BCUT2D eigenvalue weighted by Gasteiger charge is -2.04. The van der Waals surface area contributed by atoms with Crippen molar-refractivity contribution >= 4 is 28.8 Å². The quantitative estimate of drug-likeness (QED) is 0.375. The van der Waals surface area contributed by atoms with Crippen LogP contribution in [0.5, 0.6) is 0 Å². The van der Waals surface area contributed by atoms with E-state index in [1.54, 1.807) is 0 Å². The van der Waals surface area contributed by atoms with Gasteiger partial charge in [0.25, 0.3) is 11.4 Å². The molecule has 0 aliphatic heterocycles. The van der Waals surface area contributed by atoms with Crippen LogP contribution in [0.2, 0.25) is 0 Å². The predicted octanol–water partition coefficient (Wildman–Crippen LogP) is 2.71. The summed E-state index contributed by atoms with van der Waals surface area (Å²) in [7, 11) is 0. The van der Waals surface area contributed by atoms with E-state index in [2.05, 4.69) is 5.32 Å². The number of carbonyl (C=O) groups excluding carboxylic acids is 2. The normalized spacial score (nSPS) is 10.0. The maximum Gasteiger partial charge on any atom is 0.269 e. The molecule has 1 amide bonds. The highest BCUT2D eigenvalue weighted by atomic mass is 16.6. The van der Waals surface area contributed by atoms with Gasteiger partial charge in [0.15, 0.2) is 5.78 Å². The van der Waals surface area contributed by atoms with Crippen molar-refractivity contribution in [3.63, 3.8) is 0 Å². The van der Waals surface area contributed by atoms with Gasteiger partial charge < -0.3 is 5.32 Å². The summed E-state index contributed by atoms with van der Waals surface area (Å²) in [5.74, 6) is -1.09. The molecule has 0 aromatic heterocycles. The van der Waals surface area contributed by atoms with E-state index in [1.807, 2.05) is 0 Å². The van der Waals surface area contributed by atoms with Gasteiger partial charge in [-0.25, -0.2) is 0 Å². The van der Waals surface area contributed by atoms with Crippen LogP contribution in [0.4, 0.5) is 17.1 Å². The minimum atomic E-state index is -0.591. The van der Waals surface area contributed by atoms with E-state index in [0.29, 0.717) is 5.69 Å². The summed E-state index contributed by atoms with van der Waals surface area (Å²) in [6.45, 7) is 0. The average Bonchev–Trinajstić information content (AvgIpc) is 2.55. The van der Waals surface area contributed by atoms with Gasteiger partial charge in [0, 0.05) is 35.5 Å². The number of nitro benzene ring substituents is 2. The lowest BCUT2D eigenvalue weighted by molar-refractivity contribution is -0.385. The zero-order valence-electron chi connectivity index (χ0n) is 12.2. The van der Waals surface area contributed by atoms with Gasteiger partial charge in [0.2, 0.25) is 5.91 Å². The Labute approximate surface area is 135 Å². The number of hydrogen-bond acceptors (Lipinski definition) is 6. The Morgan fingerprint density at radius 2 is 1.29 bits per heavy atom. The summed E-state index contributed by atoms with van der Waals surface area (Å²) in [6.07, 6.45) is -0.450. The molecule has 0 saturated heterocycles. The lowest BCUT2D eigenvalue weighted by atomic mass is 10.1. The van der Waals surface area contributed by atoms with Crippen LogP contribution in [0.3, 0.4) is 0 Å². The molecule has 9 heteroatoms. The molecule has 0 unspecified atom stereocenters. The van der Waals surface area contributed by atoms with Crippen LogP contribution >= 0.6 is 0 Å². The summed E-state index contributed by atoms with van der Waals surface area (Å²) in [6, 6.07) is 10.1. The number of rotatable bonds is 6. The summed E-state index contributed by atoms with van der Waals surface area (Å²) in [4.78, 5) is 43.7. The van der Waals surface area contributed by atoms with Gasteiger partial charge >= 0.3 is 0 Å². The number of benzene rings is 2. The Morgan fingerprint density at radius 1 is 0.833 bits per heavy atom. The molecular weight excluding hydrogens is 318 g/mol. The molecule has 2 rings (SSSR count). The van der Waals surface area contributed by atoms with Crippen LogP contribution in [0.15, 0.2) is 48.5 Å². The third-order valence-corrected chi connectivity index (χ3v) is 3.08. The Morgan fingerprint density at radius 3 is 1.75 bits per heavy atom. The topological polar surface area (TPSA) is 132 Å². The third kappa shape index (κ3) is 4.19. The second-order valence-electron chi connectivity index (χ2n) is 4.76. The first kappa shape index (κ1) is 16.7. The molecule has 122 valence electrons. The van der Waals surface area contributed by atoms with Gasteiger partial charge in [-0.1, -0.05) is 0 Å². The zero-order valence-corrected chi connectivity index (χ0v) is 12.2. The molecule has 0 fully saturated rings. The number of nitro groups is 2. The minimum Gasteiger partial charge on any atom is -0.326 e. The number of nitrogens with one attached hydrogen (secondary N) is 1. The zero-order chi connectivity index (χ0) is 17.7. The first-order chi connectivity index (χ1) is 11.4. The first-order valence-corrected chi connectivity index (χ1v) is 6.69. The van der Waals surface area contributed by atoms with E-state index in [9.17, 15) is 29.8 Å². The van der Waals surface area contributed by atoms with E-state index >= 15 is 0 Å². The van der Waals surface area contributed by atoms with Crippen molar-refractivity contribution < 1.29 is 19.4 Å². The number of hydrogen-bond donors (Lipinski definition) is 1. The predicted molar refractivity (Wildman–Crippen MR) is 83.8 cm³/mol. The molecule has 0 aliphatic carbocycles. The minimum absolute atomic E-state index is 0.116.